The molecule has 1 aromatic carbocycles. The van der Waals surface area contributed by atoms with Gasteiger partial charge in [-0.25, -0.2) is 9.18 Å². The highest BCUT2D eigenvalue weighted by molar-refractivity contribution is 5.99. The van der Waals surface area contributed by atoms with E-state index in [1.807, 2.05) is 19.9 Å². The van der Waals surface area contributed by atoms with Crippen molar-refractivity contribution in [3.8, 4) is 11.8 Å². The number of carbonyl (C=O) groups excluding carboxylic acids is 1. The van der Waals surface area contributed by atoms with Gasteiger partial charge < -0.3 is 10.1 Å². The van der Waals surface area contributed by atoms with Crippen molar-refractivity contribution in [2.45, 2.75) is 32.9 Å². The van der Waals surface area contributed by atoms with Crippen LogP contribution in [0.25, 0.3) is 0 Å². The smallest absolute Gasteiger partial charge is 0.324 e. The van der Waals surface area contributed by atoms with Crippen molar-refractivity contribution < 1.29 is 13.9 Å². The first kappa shape index (κ1) is 17.3. The SMILES string of the molecule is CC(C)Oc1ccc(NC(=O)Nc2ccn(CCC#N)n2)c(F)c1. The van der Waals surface area contributed by atoms with Gasteiger partial charge in [-0.2, -0.15) is 10.4 Å². The van der Waals surface area contributed by atoms with E-state index in [1.54, 1.807) is 18.3 Å². The van der Waals surface area contributed by atoms with Crippen molar-refractivity contribution in [1.82, 2.24) is 9.78 Å². The number of anilines is 2. The van der Waals surface area contributed by atoms with Crippen LogP contribution in [0, 0.1) is 17.1 Å². The topological polar surface area (TPSA) is 92.0 Å². The zero-order valence-corrected chi connectivity index (χ0v) is 13.4. The fraction of sp³-hybridized carbons (Fsp3) is 0.312. The van der Waals surface area contributed by atoms with Gasteiger partial charge in [0.2, 0.25) is 0 Å². The number of nitrogens with one attached hydrogen (secondary N) is 2. The van der Waals surface area contributed by atoms with Crippen LogP contribution >= 0.6 is 0 Å². The lowest BCUT2D eigenvalue weighted by Gasteiger charge is -2.11. The van der Waals surface area contributed by atoms with Gasteiger partial charge in [0.25, 0.3) is 0 Å². The summed E-state index contributed by atoms with van der Waals surface area (Å²) in [4.78, 5) is 11.9. The molecular weight excluding hydrogens is 313 g/mol. The van der Waals surface area contributed by atoms with Gasteiger partial charge in [0.1, 0.15) is 11.6 Å². The van der Waals surface area contributed by atoms with Crippen LogP contribution in [-0.2, 0) is 6.54 Å². The third kappa shape index (κ3) is 4.98. The molecule has 0 radical (unpaired) electrons. The molecule has 2 rings (SSSR count). The van der Waals surface area contributed by atoms with Crippen molar-refractivity contribution in [1.29, 1.82) is 5.26 Å². The maximum Gasteiger partial charge on any atom is 0.324 e. The number of amides is 2. The molecule has 126 valence electrons. The number of aryl methyl sites for hydroxylation is 1. The molecule has 0 fully saturated rings. The number of urea groups is 1. The van der Waals surface area contributed by atoms with Gasteiger partial charge in [-0.1, -0.05) is 0 Å². The summed E-state index contributed by atoms with van der Waals surface area (Å²) in [7, 11) is 0. The number of carbonyl (C=O) groups is 1. The minimum absolute atomic E-state index is 0.0347. The molecule has 1 aromatic heterocycles. The molecule has 0 atom stereocenters. The minimum atomic E-state index is -0.614. The van der Waals surface area contributed by atoms with Crippen LogP contribution < -0.4 is 15.4 Å². The van der Waals surface area contributed by atoms with E-state index in [0.29, 0.717) is 24.5 Å². The number of halogens is 1. The van der Waals surface area contributed by atoms with Crippen LogP contribution in [0.4, 0.5) is 20.7 Å². The number of nitrogens with zero attached hydrogens (tertiary/aromatic N) is 3. The minimum Gasteiger partial charge on any atom is -0.491 e. The van der Waals surface area contributed by atoms with Gasteiger partial charge in [-0.15, -0.1) is 0 Å². The second kappa shape index (κ2) is 7.97. The van der Waals surface area contributed by atoms with Gasteiger partial charge in [-0.05, 0) is 26.0 Å². The number of nitriles is 1. The Morgan fingerprint density at radius 1 is 1.42 bits per heavy atom. The predicted molar refractivity (Wildman–Crippen MR) is 87.3 cm³/mol. The first-order chi connectivity index (χ1) is 11.5. The Hall–Kier alpha value is -3.08. The summed E-state index contributed by atoms with van der Waals surface area (Å²) >= 11 is 0. The fourth-order valence-electron chi connectivity index (χ4n) is 1.93. The summed E-state index contributed by atoms with van der Waals surface area (Å²) in [5, 5.41) is 17.5. The quantitative estimate of drug-likeness (QED) is 0.849. The zero-order valence-electron chi connectivity index (χ0n) is 13.4. The van der Waals surface area contributed by atoms with Gasteiger partial charge in [0.05, 0.1) is 30.8 Å². The maximum absolute atomic E-state index is 14.0. The molecule has 0 saturated carbocycles. The molecule has 24 heavy (non-hydrogen) atoms. The molecule has 8 heteroatoms. The number of hydrogen-bond acceptors (Lipinski definition) is 4. The van der Waals surface area contributed by atoms with E-state index in [9.17, 15) is 9.18 Å². The lowest BCUT2D eigenvalue weighted by Crippen LogP contribution is -2.20. The summed E-state index contributed by atoms with van der Waals surface area (Å²) in [5.41, 5.74) is 0.0347. The number of hydrogen-bond donors (Lipinski definition) is 2. The van der Waals surface area contributed by atoms with Gasteiger partial charge in [0.15, 0.2) is 5.82 Å². The van der Waals surface area contributed by atoms with Crippen molar-refractivity contribution in [3.05, 3.63) is 36.3 Å². The van der Waals surface area contributed by atoms with Gasteiger partial charge >= 0.3 is 6.03 Å². The Morgan fingerprint density at radius 3 is 2.88 bits per heavy atom. The molecule has 2 aromatic rings. The highest BCUT2D eigenvalue weighted by Crippen LogP contribution is 2.21. The van der Waals surface area contributed by atoms with Crippen LogP contribution in [0.15, 0.2) is 30.5 Å². The van der Waals surface area contributed by atoms with Crippen molar-refractivity contribution in [2.24, 2.45) is 0 Å². The Morgan fingerprint density at radius 2 is 2.21 bits per heavy atom. The largest absolute Gasteiger partial charge is 0.491 e. The molecule has 0 aliphatic rings. The van der Waals surface area contributed by atoms with Crippen LogP contribution in [-0.4, -0.2) is 21.9 Å². The monoisotopic (exact) mass is 331 g/mol. The number of rotatable bonds is 6. The summed E-state index contributed by atoms with van der Waals surface area (Å²) in [6.07, 6.45) is 1.90. The predicted octanol–water partition coefficient (Wildman–Crippen LogP) is 3.37. The normalized spacial score (nSPS) is 10.3. The van der Waals surface area contributed by atoms with E-state index in [0.717, 1.165) is 0 Å². The summed E-state index contributed by atoms with van der Waals surface area (Å²) in [6.45, 7) is 4.12. The van der Waals surface area contributed by atoms with E-state index in [2.05, 4.69) is 15.7 Å². The summed E-state index contributed by atoms with van der Waals surface area (Å²) in [6, 6.07) is 7.21. The molecule has 7 nitrogen and oxygen atoms in total. The molecule has 0 spiro atoms. The number of aromatic nitrogens is 2. The lowest BCUT2D eigenvalue weighted by molar-refractivity contribution is 0.241. The van der Waals surface area contributed by atoms with Gasteiger partial charge in [0, 0.05) is 18.3 Å². The Balaban J connectivity index is 1.94. The number of benzene rings is 1. The third-order valence-corrected chi connectivity index (χ3v) is 2.90. The fourth-order valence-corrected chi connectivity index (χ4v) is 1.93. The molecule has 2 amide bonds. The van der Waals surface area contributed by atoms with Gasteiger partial charge in [-0.3, -0.25) is 10.00 Å². The van der Waals surface area contributed by atoms with E-state index < -0.39 is 11.8 Å². The van der Waals surface area contributed by atoms with Crippen molar-refractivity contribution in [2.75, 3.05) is 10.6 Å². The molecule has 0 aliphatic heterocycles. The number of ether oxygens (including phenoxy) is 1. The average molecular weight is 331 g/mol. The van der Waals surface area contributed by atoms with Crippen molar-refractivity contribution >= 4 is 17.5 Å². The summed E-state index contributed by atoms with van der Waals surface area (Å²) in [5.74, 6) is 0.109. The summed E-state index contributed by atoms with van der Waals surface area (Å²) < 4.78 is 20.9. The first-order valence-electron chi connectivity index (χ1n) is 7.42. The Bertz CT molecular complexity index is 751. The Labute approximate surface area is 139 Å². The van der Waals surface area contributed by atoms with Crippen LogP contribution in [0.2, 0.25) is 0 Å². The first-order valence-corrected chi connectivity index (χ1v) is 7.42. The second-order valence-electron chi connectivity index (χ2n) is 5.26. The van der Waals surface area contributed by atoms with Crippen LogP contribution in [0.5, 0.6) is 5.75 Å². The van der Waals surface area contributed by atoms with E-state index in [4.69, 9.17) is 10.00 Å². The molecule has 0 bridgehead atoms. The van der Waals surface area contributed by atoms with E-state index in [1.165, 1.54) is 16.8 Å². The molecule has 0 saturated heterocycles. The van der Waals surface area contributed by atoms with Crippen LogP contribution in [0.3, 0.4) is 0 Å². The molecular formula is C16H18FN5O2. The van der Waals surface area contributed by atoms with Crippen molar-refractivity contribution in [3.63, 3.8) is 0 Å². The average Bonchev–Trinajstić information content (AvgIpc) is 2.94. The molecule has 0 aliphatic carbocycles. The zero-order chi connectivity index (χ0) is 17.5. The second-order valence-corrected chi connectivity index (χ2v) is 5.26. The molecule has 2 N–H and O–H groups in total. The Kier molecular flexibility index (Phi) is 5.73. The highest BCUT2D eigenvalue weighted by Gasteiger charge is 2.10. The maximum atomic E-state index is 14.0. The highest BCUT2D eigenvalue weighted by atomic mass is 19.1. The third-order valence-electron chi connectivity index (χ3n) is 2.90. The lowest BCUT2D eigenvalue weighted by atomic mass is 10.3. The van der Waals surface area contributed by atoms with Crippen LogP contribution in [0.1, 0.15) is 20.3 Å². The molecule has 1 heterocycles. The van der Waals surface area contributed by atoms with E-state index >= 15 is 0 Å². The molecule has 0 unspecified atom stereocenters. The van der Waals surface area contributed by atoms with E-state index in [-0.39, 0.29) is 11.8 Å². The standard InChI is InChI=1S/C16H18FN5O2/c1-11(2)24-12-4-5-14(13(17)10-12)19-16(23)20-15-6-9-22(21-15)8-3-7-18/h4-6,9-11H,3,8H2,1-2H3,(H2,19,20,21,23).